The van der Waals surface area contributed by atoms with E-state index in [0.717, 1.165) is 31.5 Å². The zero-order valence-corrected chi connectivity index (χ0v) is 18.2. The first kappa shape index (κ1) is 21.2. The maximum atomic E-state index is 12.7. The molecule has 9 heteroatoms. The lowest BCUT2D eigenvalue weighted by molar-refractivity contribution is 0.0935. The summed E-state index contributed by atoms with van der Waals surface area (Å²) < 4.78 is 8.76. The number of rotatable bonds is 6. The molecule has 2 N–H and O–H groups in total. The minimum Gasteiger partial charge on any atom is -0.491 e. The molecular weight excluding hydrogens is 398 g/mol. The number of nitrogens with one attached hydrogen (secondary N) is 1. The largest absolute Gasteiger partial charge is 0.491 e. The van der Waals surface area contributed by atoms with Crippen molar-refractivity contribution < 1.29 is 9.84 Å². The Morgan fingerprint density at radius 2 is 1.90 bits per heavy atom. The number of nitrogens with zero attached hydrogens (tertiary/aromatic N) is 4. The molecule has 0 amide bonds. The highest BCUT2D eigenvalue weighted by Gasteiger charge is 2.25. The van der Waals surface area contributed by atoms with Gasteiger partial charge < -0.3 is 19.3 Å². The number of aromatic nitrogens is 4. The van der Waals surface area contributed by atoms with E-state index in [1.54, 1.807) is 11.6 Å². The number of aryl methyl sites for hydroxylation is 2. The maximum Gasteiger partial charge on any atom is 0.329 e. The van der Waals surface area contributed by atoms with E-state index < -0.39 is 17.4 Å². The number of aromatic amines is 1. The molecule has 4 rings (SSSR count). The second-order valence-corrected chi connectivity index (χ2v) is 8.46. The zero-order valence-electron chi connectivity index (χ0n) is 18.2. The van der Waals surface area contributed by atoms with Gasteiger partial charge in [0.25, 0.3) is 5.56 Å². The van der Waals surface area contributed by atoms with E-state index in [2.05, 4.69) is 21.8 Å². The first-order valence-electron chi connectivity index (χ1n) is 10.7. The van der Waals surface area contributed by atoms with Crippen LogP contribution in [0.3, 0.4) is 0 Å². The molecule has 1 saturated heterocycles. The molecule has 166 valence electrons. The fourth-order valence-corrected chi connectivity index (χ4v) is 3.94. The third kappa shape index (κ3) is 4.36. The van der Waals surface area contributed by atoms with Crippen LogP contribution < -0.4 is 20.9 Å². The normalized spacial score (nSPS) is 16.1. The van der Waals surface area contributed by atoms with Crippen LogP contribution in [0.25, 0.3) is 11.2 Å². The Labute approximate surface area is 179 Å². The van der Waals surface area contributed by atoms with Gasteiger partial charge in [0.1, 0.15) is 18.5 Å². The van der Waals surface area contributed by atoms with Crippen molar-refractivity contribution in [2.45, 2.75) is 39.3 Å². The number of piperidine rings is 1. The van der Waals surface area contributed by atoms with Gasteiger partial charge in [-0.05, 0) is 37.8 Å². The van der Waals surface area contributed by atoms with Gasteiger partial charge in [0.05, 0.1) is 6.54 Å². The van der Waals surface area contributed by atoms with Crippen molar-refractivity contribution in [1.82, 2.24) is 19.1 Å². The smallest absolute Gasteiger partial charge is 0.329 e. The van der Waals surface area contributed by atoms with E-state index in [-0.39, 0.29) is 18.7 Å². The van der Waals surface area contributed by atoms with Crippen LogP contribution >= 0.6 is 0 Å². The number of benzene rings is 1. The number of aliphatic hydroxyl groups is 1. The summed E-state index contributed by atoms with van der Waals surface area (Å²) in [5, 5.41) is 10.7. The Bertz CT molecular complexity index is 1170. The molecule has 3 heterocycles. The number of ether oxygens (including phenoxy) is 1. The third-order valence-corrected chi connectivity index (χ3v) is 5.91. The number of fused-ring (bicyclic) bond motifs is 1. The van der Waals surface area contributed by atoms with Crippen LogP contribution in [-0.2, 0) is 13.6 Å². The van der Waals surface area contributed by atoms with Gasteiger partial charge in [-0.25, -0.2) is 4.79 Å². The topological polar surface area (TPSA) is 105 Å². The Morgan fingerprint density at radius 3 is 2.58 bits per heavy atom. The zero-order chi connectivity index (χ0) is 22.1. The monoisotopic (exact) mass is 427 g/mol. The summed E-state index contributed by atoms with van der Waals surface area (Å²) >= 11 is 0. The predicted molar refractivity (Wildman–Crippen MR) is 119 cm³/mol. The number of hydrogen-bond acceptors (Lipinski definition) is 6. The van der Waals surface area contributed by atoms with Crippen LogP contribution in [0.15, 0.2) is 33.9 Å². The molecule has 1 fully saturated rings. The van der Waals surface area contributed by atoms with Crippen LogP contribution in [-0.4, -0.2) is 50.0 Å². The molecule has 1 aromatic carbocycles. The lowest BCUT2D eigenvalue weighted by atomic mass is 10.00. The molecule has 0 radical (unpaired) electrons. The third-order valence-electron chi connectivity index (χ3n) is 5.91. The molecular formula is C22H29N5O4. The minimum atomic E-state index is -0.863. The minimum absolute atomic E-state index is 0.0723. The highest BCUT2D eigenvalue weighted by molar-refractivity contribution is 5.74. The quantitative estimate of drug-likeness (QED) is 0.616. The Hall–Kier alpha value is -3.07. The average Bonchev–Trinajstić information content (AvgIpc) is 3.12. The van der Waals surface area contributed by atoms with Crippen LogP contribution in [0, 0.1) is 12.8 Å². The Morgan fingerprint density at radius 1 is 1.23 bits per heavy atom. The first-order valence-corrected chi connectivity index (χ1v) is 10.7. The van der Waals surface area contributed by atoms with E-state index in [4.69, 9.17) is 4.74 Å². The molecule has 0 unspecified atom stereocenters. The molecule has 2 aromatic heterocycles. The highest BCUT2D eigenvalue weighted by Crippen LogP contribution is 2.25. The number of hydrogen-bond donors (Lipinski definition) is 2. The fraction of sp³-hybridized carbons (Fsp3) is 0.500. The van der Waals surface area contributed by atoms with Crippen molar-refractivity contribution in [2.24, 2.45) is 13.0 Å². The van der Waals surface area contributed by atoms with Crippen LogP contribution in [0.1, 0.15) is 25.3 Å². The molecule has 3 aromatic rings. The van der Waals surface area contributed by atoms with E-state index in [0.29, 0.717) is 23.3 Å². The summed E-state index contributed by atoms with van der Waals surface area (Å²) in [4.78, 5) is 33.8. The SMILES string of the molecule is Cc1ccc(OC[C@H](O)Cn2c(N3CCC(C)CC3)nc3c2c(=O)[nH]c(=O)n3C)cc1. The van der Waals surface area contributed by atoms with Crippen LogP contribution in [0.4, 0.5) is 5.95 Å². The predicted octanol–water partition coefficient (Wildman–Crippen LogP) is 1.41. The standard InChI is InChI=1S/C22H29N5O4/c1-14-4-6-17(7-5-14)31-13-16(28)12-27-18-19(25(3)22(30)24-20(18)29)23-21(27)26-10-8-15(2)9-11-26/h4-7,15-16,28H,8-13H2,1-3H3,(H,24,29,30)/t16-/m1/s1. The fourth-order valence-electron chi connectivity index (χ4n) is 3.94. The van der Waals surface area contributed by atoms with Crippen molar-refractivity contribution in [3.63, 3.8) is 0 Å². The molecule has 0 spiro atoms. The summed E-state index contributed by atoms with van der Waals surface area (Å²) in [5.41, 5.74) is 0.709. The molecule has 0 saturated carbocycles. The Kier molecular flexibility index (Phi) is 5.86. The number of anilines is 1. The van der Waals surface area contributed by atoms with Crippen molar-refractivity contribution in [3.8, 4) is 5.75 Å². The highest BCUT2D eigenvalue weighted by atomic mass is 16.5. The van der Waals surface area contributed by atoms with Crippen molar-refractivity contribution in [2.75, 3.05) is 24.6 Å². The van der Waals surface area contributed by atoms with Gasteiger partial charge in [-0.15, -0.1) is 0 Å². The van der Waals surface area contributed by atoms with Crippen molar-refractivity contribution in [3.05, 3.63) is 50.7 Å². The van der Waals surface area contributed by atoms with Gasteiger partial charge in [0, 0.05) is 20.1 Å². The number of H-pyrrole nitrogens is 1. The van der Waals surface area contributed by atoms with Crippen molar-refractivity contribution in [1.29, 1.82) is 0 Å². The van der Waals surface area contributed by atoms with Gasteiger partial charge >= 0.3 is 5.69 Å². The first-order chi connectivity index (χ1) is 14.8. The lowest BCUT2D eigenvalue weighted by Gasteiger charge is -2.31. The maximum absolute atomic E-state index is 12.7. The van der Waals surface area contributed by atoms with E-state index in [1.165, 1.54) is 4.57 Å². The van der Waals surface area contributed by atoms with E-state index in [1.807, 2.05) is 31.2 Å². The van der Waals surface area contributed by atoms with Gasteiger partial charge in [-0.2, -0.15) is 4.98 Å². The average molecular weight is 428 g/mol. The molecule has 9 nitrogen and oxygen atoms in total. The molecule has 31 heavy (non-hydrogen) atoms. The summed E-state index contributed by atoms with van der Waals surface area (Å²) in [6, 6.07) is 7.60. The number of aliphatic hydroxyl groups excluding tert-OH is 1. The van der Waals surface area contributed by atoms with Gasteiger partial charge in [0.2, 0.25) is 5.95 Å². The summed E-state index contributed by atoms with van der Waals surface area (Å²) in [7, 11) is 1.58. The van der Waals surface area contributed by atoms with E-state index in [9.17, 15) is 14.7 Å². The summed E-state index contributed by atoms with van der Waals surface area (Å²) in [6.07, 6.45) is 1.19. The number of imidazole rings is 1. The van der Waals surface area contributed by atoms with Gasteiger partial charge in [-0.1, -0.05) is 24.6 Å². The second-order valence-electron chi connectivity index (χ2n) is 8.46. The second kappa shape index (κ2) is 8.58. The van der Waals surface area contributed by atoms with E-state index >= 15 is 0 Å². The van der Waals surface area contributed by atoms with Crippen LogP contribution in [0.5, 0.6) is 5.75 Å². The lowest BCUT2D eigenvalue weighted by Crippen LogP contribution is -2.36. The summed E-state index contributed by atoms with van der Waals surface area (Å²) in [6.45, 7) is 6.05. The van der Waals surface area contributed by atoms with Crippen molar-refractivity contribution >= 4 is 17.1 Å². The van der Waals surface area contributed by atoms with Gasteiger partial charge in [0.15, 0.2) is 11.2 Å². The molecule has 0 bridgehead atoms. The molecule has 1 aliphatic heterocycles. The Balaban J connectivity index is 1.65. The molecule has 0 aliphatic carbocycles. The molecule has 1 atom stereocenters. The molecule has 1 aliphatic rings. The van der Waals surface area contributed by atoms with Crippen LogP contribution in [0.2, 0.25) is 0 Å². The summed E-state index contributed by atoms with van der Waals surface area (Å²) in [5.74, 6) is 1.91. The van der Waals surface area contributed by atoms with Gasteiger partial charge in [-0.3, -0.25) is 14.3 Å².